The van der Waals surface area contributed by atoms with Gasteiger partial charge in [-0.05, 0) is 20.8 Å². The molecule has 4 heteroatoms. The van der Waals surface area contributed by atoms with Crippen LogP contribution in [0.25, 0.3) is 0 Å². The molecule has 0 aromatic rings. The first kappa shape index (κ1) is 13.7. The van der Waals surface area contributed by atoms with Crippen LogP contribution >= 0.6 is 0 Å². The van der Waals surface area contributed by atoms with Crippen LogP contribution in [-0.2, 0) is 19.1 Å². The summed E-state index contributed by atoms with van der Waals surface area (Å²) in [4.78, 5) is 22.6. The Bertz CT molecular complexity index is 245. The van der Waals surface area contributed by atoms with Crippen molar-refractivity contribution >= 4 is 11.9 Å². The van der Waals surface area contributed by atoms with E-state index in [1.807, 2.05) is 0 Å². The summed E-state index contributed by atoms with van der Waals surface area (Å²) in [5.41, 5.74) is 0.613. The highest BCUT2D eigenvalue weighted by Gasteiger charge is 2.24. The maximum atomic E-state index is 11.4. The Morgan fingerprint density at radius 2 is 1.73 bits per heavy atom. The third-order valence-corrected chi connectivity index (χ3v) is 1.84. The first-order valence-electron chi connectivity index (χ1n) is 5.00. The van der Waals surface area contributed by atoms with Crippen molar-refractivity contribution in [3.63, 3.8) is 0 Å². The number of carbonyl (C=O) groups excluding carboxylic acids is 2. The van der Waals surface area contributed by atoms with E-state index in [4.69, 9.17) is 9.47 Å². The predicted octanol–water partition coefficient (Wildman–Crippen LogP) is 1.70. The maximum Gasteiger partial charge on any atom is 0.313 e. The molecule has 0 aliphatic carbocycles. The molecular formula is C11H18O4. The third-order valence-electron chi connectivity index (χ3n) is 1.84. The molecule has 0 rings (SSSR count). The van der Waals surface area contributed by atoms with Gasteiger partial charge in [-0.25, -0.2) is 0 Å². The second kappa shape index (κ2) is 7.04. The minimum absolute atomic E-state index is 0.00199. The number of hydrogen-bond acceptors (Lipinski definition) is 4. The zero-order chi connectivity index (χ0) is 11.8. The Hall–Kier alpha value is -1.32. The monoisotopic (exact) mass is 214 g/mol. The summed E-state index contributed by atoms with van der Waals surface area (Å²) < 4.78 is 9.60. The van der Waals surface area contributed by atoms with Gasteiger partial charge >= 0.3 is 11.9 Å². The summed E-state index contributed by atoms with van der Waals surface area (Å²) in [6.45, 7) is 9.41. The first-order chi connectivity index (χ1) is 7.02. The highest BCUT2D eigenvalue weighted by molar-refractivity contribution is 5.82. The van der Waals surface area contributed by atoms with Crippen LogP contribution in [0, 0.1) is 5.92 Å². The molecule has 0 aromatic heterocycles. The molecule has 4 nitrogen and oxygen atoms in total. The molecule has 0 aliphatic rings. The van der Waals surface area contributed by atoms with Crippen molar-refractivity contribution in [1.29, 1.82) is 0 Å². The van der Waals surface area contributed by atoms with Crippen molar-refractivity contribution < 1.29 is 19.1 Å². The van der Waals surface area contributed by atoms with Crippen LogP contribution in [0.4, 0.5) is 0 Å². The molecule has 0 fully saturated rings. The van der Waals surface area contributed by atoms with Crippen LogP contribution in [0.3, 0.4) is 0 Å². The Balaban J connectivity index is 4.34. The molecule has 1 atom stereocenters. The van der Waals surface area contributed by atoms with E-state index in [0.717, 1.165) is 0 Å². The lowest BCUT2D eigenvalue weighted by atomic mass is 9.98. The number of ether oxygens (including phenoxy) is 2. The lowest BCUT2D eigenvalue weighted by molar-refractivity contribution is -0.153. The standard InChI is InChI=1S/C11H18O4/c1-5-14-10(12)7-9(8(3)4)11(13)15-6-2/h9H,3,5-7H2,1-2,4H3. The second-order valence-electron chi connectivity index (χ2n) is 3.16. The van der Waals surface area contributed by atoms with Crippen molar-refractivity contribution in [2.45, 2.75) is 27.2 Å². The molecule has 15 heavy (non-hydrogen) atoms. The van der Waals surface area contributed by atoms with Gasteiger partial charge in [-0.3, -0.25) is 9.59 Å². The number of carbonyl (C=O) groups is 2. The fraction of sp³-hybridized carbons (Fsp3) is 0.636. The lowest BCUT2D eigenvalue weighted by Crippen LogP contribution is -2.22. The van der Waals surface area contributed by atoms with Crippen LogP contribution in [0.1, 0.15) is 27.2 Å². The summed E-state index contributed by atoms with van der Waals surface area (Å²) in [7, 11) is 0. The van der Waals surface area contributed by atoms with Crippen molar-refractivity contribution in [1.82, 2.24) is 0 Å². The molecule has 0 saturated heterocycles. The summed E-state index contributed by atoms with van der Waals surface area (Å²) >= 11 is 0. The average Bonchev–Trinajstić information content (AvgIpc) is 2.14. The lowest BCUT2D eigenvalue weighted by Gasteiger charge is -2.14. The van der Waals surface area contributed by atoms with Crippen LogP contribution in [0.5, 0.6) is 0 Å². The zero-order valence-corrected chi connectivity index (χ0v) is 9.54. The normalized spacial score (nSPS) is 11.7. The predicted molar refractivity (Wildman–Crippen MR) is 56.2 cm³/mol. The molecule has 0 heterocycles. The highest BCUT2D eigenvalue weighted by Crippen LogP contribution is 2.15. The molecule has 1 unspecified atom stereocenters. The van der Waals surface area contributed by atoms with Gasteiger partial charge in [0.2, 0.25) is 0 Å². The van der Waals surface area contributed by atoms with Crippen LogP contribution in [0.2, 0.25) is 0 Å². The Kier molecular flexibility index (Phi) is 6.42. The molecule has 86 valence electrons. The SMILES string of the molecule is C=C(C)C(CC(=O)OCC)C(=O)OCC. The third kappa shape index (κ3) is 5.20. The molecule has 0 radical (unpaired) electrons. The minimum atomic E-state index is -0.594. The van der Waals surface area contributed by atoms with E-state index < -0.39 is 17.9 Å². The largest absolute Gasteiger partial charge is 0.466 e. The van der Waals surface area contributed by atoms with Gasteiger partial charge in [0.1, 0.15) is 0 Å². The van der Waals surface area contributed by atoms with E-state index in [2.05, 4.69) is 6.58 Å². The summed E-state index contributed by atoms with van der Waals surface area (Å²) in [6, 6.07) is 0. The summed E-state index contributed by atoms with van der Waals surface area (Å²) in [5, 5.41) is 0. The first-order valence-corrected chi connectivity index (χ1v) is 5.00. The Labute approximate surface area is 90.2 Å². The summed E-state index contributed by atoms with van der Waals surface area (Å²) in [5.74, 6) is -1.42. The highest BCUT2D eigenvalue weighted by atomic mass is 16.5. The van der Waals surface area contributed by atoms with Crippen LogP contribution < -0.4 is 0 Å². The van der Waals surface area contributed by atoms with Gasteiger partial charge in [0.25, 0.3) is 0 Å². The number of rotatable bonds is 6. The van der Waals surface area contributed by atoms with Crippen molar-refractivity contribution in [2.75, 3.05) is 13.2 Å². The smallest absolute Gasteiger partial charge is 0.313 e. The Morgan fingerprint density at radius 3 is 2.13 bits per heavy atom. The van der Waals surface area contributed by atoms with E-state index >= 15 is 0 Å². The van der Waals surface area contributed by atoms with Gasteiger partial charge < -0.3 is 9.47 Å². The fourth-order valence-electron chi connectivity index (χ4n) is 1.09. The van der Waals surface area contributed by atoms with E-state index in [0.29, 0.717) is 18.8 Å². The van der Waals surface area contributed by atoms with Gasteiger partial charge in [-0.15, -0.1) is 0 Å². The van der Waals surface area contributed by atoms with E-state index in [1.54, 1.807) is 20.8 Å². The van der Waals surface area contributed by atoms with Crippen molar-refractivity contribution in [3.8, 4) is 0 Å². The van der Waals surface area contributed by atoms with E-state index in [9.17, 15) is 9.59 Å². The molecule has 0 aromatic carbocycles. The second-order valence-corrected chi connectivity index (χ2v) is 3.16. The number of esters is 2. The quantitative estimate of drug-likeness (QED) is 0.498. The maximum absolute atomic E-state index is 11.4. The van der Waals surface area contributed by atoms with Crippen molar-refractivity contribution in [3.05, 3.63) is 12.2 Å². The molecular weight excluding hydrogens is 196 g/mol. The van der Waals surface area contributed by atoms with Crippen LogP contribution in [0.15, 0.2) is 12.2 Å². The molecule has 0 amide bonds. The molecule has 0 spiro atoms. The van der Waals surface area contributed by atoms with E-state index in [-0.39, 0.29) is 6.42 Å². The summed E-state index contributed by atoms with van der Waals surface area (Å²) in [6.07, 6.45) is 0.00199. The van der Waals surface area contributed by atoms with Gasteiger partial charge in [0, 0.05) is 0 Å². The zero-order valence-electron chi connectivity index (χ0n) is 9.54. The van der Waals surface area contributed by atoms with Gasteiger partial charge in [-0.1, -0.05) is 12.2 Å². The fourth-order valence-corrected chi connectivity index (χ4v) is 1.09. The minimum Gasteiger partial charge on any atom is -0.466 e. The average molecular weight is 214 g/mol. The topological polar surface area (TPSA) is 52.6 Å². The van der Waals surface area contributed by atoms with E-state index in [1.165, 1.54) is 0 Å². The van der Waals surface area contributed by atoms with Gasteiger partial charge in [0.15, 0.2) is 0 Å². The van der Waals surface area contributed by atoms with Gasteiger partial charge in [-0.2, -0.15) is 0 Å². The van der Waals surface area contributed by atoms with Gasteiger partial charge in [0.05, 0.1) is 25.6 Å². The Morgan fingerprint density at radius 1 is 1.20 bits per heavy atom. The molecule has 0 aliphatic heterocycles. The molecule has 0 N–H and O–H groups in total. The van der Waals surface area contributed by atoms with Crippen LogP contribution in [-0.4, -0.2) is 25.2 Å². The molecule has 0 bridgehead atoms. The molecule has 0 saturated carbocycles. The number of hydrogen-bond donors (Lipinski definition) is 0. The van der Waals surface area contributed by atoms with Crippen molar-refractivity contribution in [2.24, 2.45) is 5.92 Å².